The minimum Gasteiger partial charge on any atom is -0.272 e. The van der Waals surface area contributed by atoms with E-state index in [0.29, 0.717) is 6.67 Å². The molecular weight excluding hydrogens is 151 g/mol. The van der Waals surface area contributed by atoms with E-state index in [0.717, 1.165) is 4.42 Å². The Morgan fingerprint density at radius 3 is 2.25 bits per heavy atom. The predicted octanol–water partition coefficient (Wildman–Crippen LogP) is 0.396. The number of carbonyl (C=O) groups excluding carboxylic acids is 1. The molecule has 0 bridgehead atoms. The van der Waals surface area contributed by atoms with Crippen molar-refractivity contribution in [1.82, 2.24) is 8.84 Å². The third-order valence-electron chi connectivity index (χ3n) is 0.855. The van der Waals surface area contributed by atoms with Gasteiger partial charge in [-0.05, 0) is 11.8 Å². The number of hydrogen-bond acceptors (Lipinski definition) is 2. The van der Waals surface area contributed by atoms with Gasteiger partial charge in [0.2, 0.25) is 0 Å². The summed E-state index contributed by atoms with van der Waals surface area (Å²) in [4.78, 5) is 10.5. The van der Waals surface area contributed by atoms with Gasteiger partial charge in [-0.3, -0.25) is 4.79 Å². The molecule has 1 rings (SSSR count). The summed E-state index contributed by atoms with van der Waals surface area (Å²) in [5.41, 5.74) is 0. The van der Waals surface area contributed by atoms with Crippen LogP contribution >= 0.6 is 23.6 Å². The summed E-state index contributed by atoms with van der Waals surface area (Å²) in [6.45, 7) is 0.521. The average Bonchev–Trinajstić information content (AvgIpc) is 1.85. The molecule has 0 saturated carbocycles. The first-order valence-electron chi connectivity index (χ1n) is 2.07. The van der Waals surface area contributed by atoms with Gasteiger partial charge in [0.1, 0.15) is 6.67 Å². The minimum absolute atomic E-state index is 0.151. The molecule has 1 saturated heterocycles. The molecule has 3 nitrogen and oxygen atoms in total. The zero-order valence-electron chi connectivity index (χ0n) is 3.97. The van der Waals surface area contributed by atoms with E-state index in [1.807, 2.05) is 0 Å². The first kappa shape index (κ1) is 6.13. The van der Waals surface area contributed by atoms with Crippen molar-refractivity contribution >= 4 is 29.5 Å². The molecule has 0 spiro atoms. The van der Waals surface area contributed by atoms with E-state index in [9.17, 15) is 4.79 Å². The number of halogens is 2. The van der Waals surface area contributed by atoms with Gasteiger partial charge >= 0.3 is 0 Å². The Kier molecular flexibility index (Phi) is 1.60. The van der Waals surface area contributed by atoms with E-state index in [1.54, 1.807) is 0 Å². The summed E-state index contributed by atoms with van der Waals surface area (Å²) < 4.78 is 2.36. The largest absolute Gasteiger partial charge is 0.272 e. The molecule has 0 radical (unpaired) electrons. The van der Waals surface area contributed by atoms with Crippen LogP contribution in [0.2, 0.25) is 0 Å². The number of rotatable bonds is 0. The summed E-state index contributed by atoms with van der Waals surface area (Å²) in [6.07, 6.45) is 0. The summed E-state index contributed by atoms with van der Waals surface area (Å²) in [5, 5.41) is 0. The van der Waals surface area contributed by atoms with Crippen LogP contribution in [0.4, 0.5) is 0 Å². The molecule has 0 aliphatic carbocycles. The summed E-state index contributed by atoms with van der Waals surface area (Å²) >= 11 is 10.7. The molecule has 0 N–H and O–H groups in total. The molecule has 1 heterocycles. The highest BCUT2D eigenvalue weighted by Crippen LogP contribution is 2.09. The van der Waals surface area contributed by atoms with Crippen LogP contribution in [0.3, 0.4) is 0 Å². The van der Waals surface area contributed by atoms with Gasteiger partial charge in [-0.1, -0.05) is 0 Å². The van der Waals surface area contributed by atoms with Crippen molar-refractivity contribution in [2.45, 2.75) is 0 Å². The van der Waals surface area contributed by atoms with E-state index in [-0.39, 0.29) is 12.5 Å². The Balaban J connectivity index is 2.51. The zero-order valence-corrected chi connectivity index (χ0v) is 5.48. The van der Waals surface area contributed by atoms with Crippen LogP contribution in [0.15, 0.2) is 0 Å². The predicted molar refractivity (Wildman–Crippen MR) is 30.1 cm³/mol. The van der Waals surface area contributed by atoms with Crippen LogP contribution in [0.25, 0.3) is 0 Å². The highest BCUT2D eigenvalue weighted by molar-refractivity contribution is 6.24. The fourth-order valence-electron chi connectivity index (χ4n) is 0.487. The van der Waals surface area contributed by atoms with Crippen LogP contribution in [-0.2, 0) is 4.79 Å². The van der Waals surface area contributed by atoms with E-state index in [4.69, 9.17) is 23.6 Å². The molecule has 1 fully saturated rings. The maximum Gasteiger partial charge on any atom is 0.253 e. The number of nitrogens with zero attached hydrogens (tertiary/aromatic N) is 2. The topological polar surface area (TPSA) is 23.6 Å². The van der Waals surface area contributed by atoms with Gasteiger partial charge in [0.25, 0.3) is 5.91 Å². The molecule has 0 unspecified atom stereocenters. The van der Waals surface area contributed by atoms with Gasteiger partial charge in [-0.25, -0.2) is 4.42 Å². The molecule has 0 atom stereocenters. The summed E-state index contributed by atoms with van der Waals surface area (Å²) in [7, 11) is 0. The first-order valence-corrected chi connectivity index (χ1v) is 2.74. The molecule has 0 aromatic rings. The van der Waals surface area contributed by atoms with Crippen molar-refractivity contribution in [2.75, 3.05) is 13.2 Å². The zero-order chi connectivity index (χ0) is 6.15. The monoisotopic (exact) mass is 154 g/mol. The third kappa shape index (κ3) is 1.05. The van der Waals surface area contributed by atoms with Gasteiger partial charge < -0.3 is 0 Å². The molecule has 8 heavy (non-hydrogen) atoms. The van der Waals surface area contributed by atoms with Crippen LogP contribution < -0.4 is 0 Å². The highest BCUT2D eigenvalue weighted by Gasteiger charge is 2.24. The van der Waals surface area contributed by atoms with Gasteiger partial charge in [0.05, 0.1) is 6.54 Å². The Morgan fingerprint density at radius 2 is 2.12 bits per heavy atom. The van der Waals surface area contributed by atoms with Crippen molar-refractivity contribution in [1.29, 1.82) is 0 Å². The maximum absolute atomic E-state index is 10.5. The third-order valence-corrected chi connectivity index (χ3v) is 1.38. The van der Waals surface area contributed by atoms with Crippen molar-refractivity contribution in [3.8, 4) is 0 Å². The first-order chi connectivity index (χ1) is 3.70. The van der Waals surface area contributed by atoms with Crippen molar-refractivity contribution < 1.29 is 4.79 Å². The molecule has 1 aliphatic rings. The lowest BCUT2D eigenvalue weighted by atomic mass is 10.7. The minimum atomic E-state index is -0.151. The summed E-state index contributed by atoms with van der Waals surface area (Å²) in [5.74, 6) is -0.151. The lowest BCUT2D eigenvalue weighted by Gasteiger charge is -2.00. The van der Waals surface area contributed by atoms with Crippen molar-refractivity contribution in [3.63, 3.8) is 0 Å². The quantitative estimate of drug-likeness (QED) is 0.472. The molecule has 1 aliphatic heterocycles. The van der Waals surface area contributed by atoms with E-state index in [1.165, 1.54) is 4.42 Å². The Labute approximate surface area is 57.0 Å². The molecule has 1 amide bonds. The normalized spacial score (nSPS) is 22.8. The van der Waals surface area contributed by atoms with Gasteiger partial charge in [0.15, 0.2) is 0 Å². The lowest BCUT2D eigenvalue weighted by Crippen LogP contribution is -2.13. The Morgan fingerprint density at radius 1 is 1.50 bits per heavy atom. The van der Waals surface area contributed by atoms with Crippen LogP contribution in [0.1, 0.15) is 0 Å². The van der Waals surface area contributed by atoms with E-state index >= 15 is 0 Å². The molecule has 5 heteroatoms. The van der Waals surface area contributed by atoms with Crippen molar-refractivity contribution in [2.24, 2.45) is 0 Å². The van der Waals surface area contributed by atoms with Crippen LogP contribution in [-0.4, -0.2) is 28.0 Å². The number of carbonyl (C=O) groups is 1. The second-order valence-corrected chi connectivity index (χ2v) is 2.40. The van der Waals surface area contributed by atoms with E-state index < -0.39 is 0 Å². The highest BCUT2D eigenvalue weighted by atomic mass is 35.5. The second-order valence-electron chi connectivity index (χ2n) is 1.52. The lowest BCUT2D eigenvalue weighted by molar-refractivity contribution is -0.122. The van der Waals surface area contributed by atoms with Gasteiger partial charge in [-0.15, -0.1) is 0 Å². The fourth-order valence-corrected chi connectivity index (χ4v) is 0.933. The van der Waals surface area contributed by atoms with Gasteiger partial charge in [0, 0.05) is 11.8 Å². The molecule has 0 aromatic carbocycles. The molecule has 46 valence electrons. The standard InChI is InChI=1S/C3H4Cl2N2O/c4-6-1-3(8)7(5)2-6/h1-2H2. The van der Waals surface area contributed by atoms with Gasteiger partial charge in [-0.2, -0.15) is 4.42 Å². The second kappa shape index (κ2) is 2.09. The fraction of sp³-hybridized carbons (Fsp3) is 0.667. The van der Waals surface area contributed by atoms with Crippen LogP contribution in [0.5, 0.6) is 0 Å². The molecule has 0 aromatic heterocycles. The summed E-state index contributed by atoms with van der Waals surface area (Å²) in [6, 6.07) is 0. The van der Waals surface area contributed by atoms with Crippen LogP contribution in [0, 0.1) is 0 Å². The smallest absolute Gasteiger partial charge is 0.253 e. The van der Waals surface area contributed by atoms with Crippen molar-refractivity contribution in [3.05, 3.63) is 0 Å². The maximum atomic E-state index is 10.5. The Bertz CT molecular complexity index is 118. The number of amides is 1. The SMILES string of the molecule is O=C1CN(Cl)CN1Cl. The van der Waals surface area contributed by atoms with E-state index in [2.05, 4.69) is 0 Å². The Hall–Kier alpha value is 0.01000. The number of hydrogen-bond donors (Lipinski definition) is 0. The molecular formula is C3H4Cl2N2O. The average molecular weight is 155 g/mol.